The van der Waals surface area contributed by atoms with Crippen LogP contribution >= 0.6 is 0 Å². The molecule has 0 bridgehead atoms. The number of likely N-dealkylation sites (N-methyl/N-ethyl adjacent to an activating group) is 1. The van der Waals surface area contributed by atoms with Crippen molar-refractivity contribution in [3.63, 3.8) is 0 Å². The predicted molar refractivity (Wildman–Crippen MR) is 107 cm³/mol. The van der Waals surface area contributed by atoms with E-state index in [9.17, 15) is 4.79 Å². The summed E-state index contributed by atoms with van der Waals surface area (Å²) in [6.45, 7) is 5.25. The third-order valence-electron chi connectivity index (χ3n) is 4.48. The lowest BCUT2D eigenvalue weighted by Gasteiger charge is -2.25. The number of hydrogen-bond donors (Lipinski definition) is 1. The van der Waals surface area contributed by atoms with Gasteiger partial charge in [-0.1, -0.05) is 48.0 Å². The summed E-state index contributed by atoms with van der Waals surface area (Å²) < 4.78 is 5.74. The smallest absolute Gasteiger partial charge is 0.220 e. The molecule has 2 aromatic carbocycles. The van der Waals surface area contributed by atoms with Gasteiger partial charge in [-0.05, 0) is 51.6 Å². The van der Waals surface area contributed by atoms with Crippen LogP contribution in [0.15, 0.2) is 48.5 Å². The molecule has 1 N–H and O–H groups in total. The second-order valence-electron chi connectivity index (χ2n) is 6.91. The third kappa shape index (κ3) is 6.19. The summed E-state index contributed by atoms with van der Waals surface area (Å²) in [5, 5.41) is 3.05. The normalized spacial score (nSPS) is 12.0. The quantitative estimate of drug-likeness (QED) is 0.695. The van der Waals surface area contributed by atoms with E-state index in [2.05, 4.69) is 41.4 Å². The lowest BCUT2D eigenvalue weighted by molar-refractivity contribution is -0.121. The monoisotopic (exact) mass is 354 g/mol. The topological polar surface area (TPSA) is 41.6 Å². The van der Waals surface area contributed by atoms with E-state index in [4.69, 9.17) is 4.74 Å². The molecule has 0 aliphatic heterocycles. The Kier molecular flexibility index (Phi) is 7.67. The first kappa shape index (κ1) is 20.0. The summed E-state index contributed by atoms with van der Waals surface area (Å²) in [6, 6.07) is 16.6. The van der Waals surface area contributed by atoms with E-state index >= 15 is 0 Å². The summed E-state index contributed by atoms with van der Waals surface area (Å²) in [7, 11) is 4.07. The standard InChI is InChI=1S/C22H30N2O2/c1-17-11-13-19(14-12-17)20(24(3)4)16-23-22(25)10-7-15-26-21-9-6-5-8-18(21)2/h5-6,8-9,11-14,20H,7,10,15-16H2,1-4H3,(H,23,25). The molecule has 0 saturated carbocycles. The predicted octanol–water partition coefficient (Wildman–Crippen LogP) is 3.88. The van der Waals surface area contributed by atoms with Crippen LogP contribution in [0.1, 0.15) is 35.6 Å². The highest BCUT2D eigenvalue weighted by molar-refractivity contribution is 5.75. The molecule has 0 spiro atoms. The molecule has 0 heterocycles. The molecule has 1 amide bonds. The minimum absolute atomic E-state index is 0.0670. The maximum Gasteiger partial charge on any atom is 0.220 e. The molecule has 2 rings (SSSR count). The maximum absolute atomic E-state index is 12.1. The number of nitrogens with one attached hydrogen (secondary N) is 1. The van der Waals surface area contributed by atoms with Gasteiger partial charge in [0.05, 0.1) is 12.6 Å². The fraction of sp³-hybridized carbons (Fsp3) is 0.409. The Morgan fingerprint density at radius 1 is 1.08 bits per heavy atom. The largest absolute Gasteiger partial charge is 0.493 e. The number of amides is 1. The number of hydrogen-bond acceptors (Lipinski definition) is 3. The number of carbonyl (C=O) groups excluding carboxylic acids is 1. The Labute approximate surface area is 157 Å². The van der Waals surface area contributed by atoms with Crippen LogP contribution in [-0.4, -0.2) is 38.1 Å². The Hall–Kier alpha value is -2.33. The molecule has 0 aliphatic rings. The number of rotatable bonds is 9. The van der Waals surface area contributed by atoms with Crippen LogP contribution in [0.2, 0.25) is 0 Å². The fourth-order valence-electron chi connectivity index (χ4n) is 2.82. The van der Waals surface area contributed by atoms with Crippen molar-refractivity contribution in [2.75, 3.05) is 27.2 Å². The fourth-order valence-corrected chi connectivity index (χ4v) is 2.82. The van der Waals surface area contributed by atoms with Crippen molar-refractivity contribution < 1.29 is 9.53 Å². The molecule has 0 fully saturated rings. The van der Waals surface area contributed by atoms with E-state index < -0.39 is 0 Å². The van der Waals surface area contributed by atoms with E-state index in [0.717, 1.165) is 11.3 Å². The van der Waals surface area contributed by atoms with E-state index in [-0.39, 0.29) is 11.9 Å². The highest BCUT2D eigenvalue weighted by atomic mass is 16.5. The van der Waals surface area contributed by atoms with Gasteiger partial charge in [0.2, 0.25) is 5.91 Å². The number of nitrogens with zero attached hydrogens (tertiary/aromatic N) is 1. The van der Waals surface area contributed by atoms with Gasteiger partial charge in [-0.3, -0.25) is 4.79 Å². The molecule has 26 heavy (non-hydrogen) atoms. The Morgan fingerprint density at radius 2 is 1.77 bits per heavy atom. The third-order valence-corrected chi connectivity index (χ3v) is 4.48. The number of carbonyl (C=O) groups is 1. The van der Waals surface area contributed by atoms with Gasteiger partial charge in [-0.15, -0.1) is 0 Å². The zero-order valence-electron chi connectivity index (χ0n) is 16.3. The van der Waals surface area contributed by atoms with Crippen molar-refractivity contribution in [2.24, 2.45) is 0 Å². The van der Waals surface area contributed by atoms with Gasteiger partial charge in [-0.2, -0.15) is 0 Å². The first-order valence-corrected chi connectivity index (χ1v) is 9.15. The molecular weight excluding hydrogens is 324 g/mol. The molecule has 2 aromatic rings. The van der Waals surface area contributed by atoms with E-state index in [0.29, 0.717) is 26.0 Å². The number of para-hydroxylation sites is 1. The summed E-state index contributed by atoms with van der Waals surface area (Å²) in [5.74, 6) is 0.956. The van der Waals surface area contributed by atoms with Crippen LogP contribution in [0.3, 0.4) is 0 Å². The van der Waals surface area contributed by atoms with Crippen LogP contribution in [-0.2, 0) is 4.79 Å². The van der Waals surface area contributed by atoms with E-state index in [1.807, 2.05) is 45.3 Å². The summed E-state index contributed by atoms with van der Waals surface area (Å²) in [5.41, 5.74) is 3.57. The molecule has 4 heteroatoms. The van der Waals surface area contributed by atoms with Crippen molar-refractivity contribution in [3.8, 4) is 5.75 Å². The van der Waals surface area contributed by atoms with Gasteiger partial charge >= 0.3 is 0 Å². The molecule has 0 aromatic heterocycles. The SMILES string of the molecule is Cc1ccc(C(CNC(=O)CCCOc2ccccc2C)N(C)C)cc1. The average molecular weight is 354 g/mol. The zero-order valence-corrected chi connectivity index (χ0v) is 16.3. The molecule has 140 valence electrons. The van der Waals surface area contributed by atoms with E-state index in [1.54, 1.807) is 0 Å². The number of ether oxygens (including phenoxy) is 1. The van der Waals surface area contributed by atoms with Crippen LogP contribution in [0.5, 0.6) is 5.75 Å². The zero-order chi connectivity index (χ0) is 18.9. The minimum Gasteiger partial charge on any atom is -0.493 e. The van der Waals surface area contributed by atoms with Crippen LogP contribution in [0.25, 0.3) is 0 Å². The summed E-state index contributed by atoms with van der Waals surface area (Å²) in [4.78, 5) is 14.3. The van der Waals surface area contributed by atoms with Crippen molar-refractivity contribution in [2.45, 2.75) is 32.7 Å². The molecule has 1 unspecified atom stereocenters. The Bertz CT molecular complexity index is 696. The van der Waals surface area contributed by atoms with Crippen molar-refractivity contribution >= 4 is 5.91 Å². The highest BCUT2D eigenvalue weighted by Crippen LogP contribution is 2.18. The van der Waals surface area contributed by atoms with Crippen LogP contribution < -0.4 is 10.1 Å². The van der Waals surface area contributed by atoms with Crippen LogP contribution in [0, 0.1) is 13.8 Å². The van der Waals surface area contributed by atoms with E-state index in [1.165, 1.54) is 11.1 Å². The first-order valence-electron chi connectivity index (χ1n) is 9.15. The van der Waals surface area contributed by atoms with Gasteiger partial charge in [0, 0.05) is 13.0 Å². The number of aryl methyl sites for hydroxylation is 2. The minimum atomic E-state index is 0.0670. The summed E-state index contributed by atoms with van der Waals surface area (Å²) >= 11 is 0. The van der Waals surface area contributed by atoms with Crippen LogP contribution in [0.4, 0.5) is 0 Å². The molecule has 4 nitrogen and oxygen atoms in total. The molecule has 0 radical (unpaired) electrons. The molecule has 0 saturated heterocycles. The van der Waals surface area contributed by atoms with Gasteiger partial charge in [0.15, 0.2) is 0 Å². The Balaban J connectivity index is 1.74. The lowest BCUT2D eigenvalue weighted by atomic mass is 10.0. The summed E-state index contributed by atoms with van der Waals surface area (Å²) in [6.07, 6.45) is 1.18. The van der Waals surface area contributed by atoms with Gasteiger partial charge in [-0.25, -0.2) is 0 Å². The number of benzene rings is 2. The average Bonchev–Trinajstić information content (AvgIpc) is 2.61. The van der Waals surface area contributed by atoms with Crippen molar-refractivity contribution in [1.29, 1.82) is 0 Å². The molecular formula is C22H30N2O2. The highest BCUT2D eigenvalue weighted by Gasteiger charge is 2.15. The second kappa shape index (κ2) is 9.97. The molecule has 0 aliphatic carbocycles. The first-order chi connectivity index (χ1) is 12.5. The Morgan fingerprint density at radius 3 is 2.42 bits per heavy atom. The van der Waals surface area contributed by atoms with Gasteiger partial charge in [0.25, 0.3) is 0 Å². The lowest BCUT2D eigenvalue weighted by Crippen LogP contribution is -2.34. The van der Waals surface area contributed by atoms with Crippen molar-refractivity contribution in [1.82, 2.24) is 10.2 Å². The molecule has 1 atom stereocenters. The van der Waals surface area contributed by atoms with Gasteiger partial charge in [0.1, 0.15) is 5.75 Å². The van der Waals surface area contributed by atoms with Crippen molar-refractivity contribution in [3.05, 3.63) is 65.2 Å². The van der Waals surface area contributed by atoms with Gasteiger partial charge < -0.3 is 15.0 Å². The maximum atomic E-state index is 12.1. The second-order valence-corrected chi connectivity index (χ2v) is 6.91.